The normalized spacial score (nSPS) is 10.2. The lowest BCUT2D eigenvalue weighted by molar-refractivity contribution is -0.116. The quantitative estimate of drug-likeness (QED) is 0.742. The molecule has 0 saturated carbocycles. The Morgan fingerprint density at radius 1 is 1.26 bits per heavy atom. The summed E-state index contributed by atoms with van der Waals surface area (Å²) in [6.45, 7) is 2.12. The van der Waals surface area contributed by atoms with Crippen molar-refractivity contribution in [2.75, 3.05) is 5.32 Å². The minimum Gasteiger partial charge on any atom is -0.478 e. The zero-order valence-corrected chi connectivity index (χ0v) is 12.5. The van der Waals surface area contributed by atoms with E-state index in [0.29, 0.717) is 16.6 Å². The second kappa shape index (κ2) is 7.94. The molecule has 104 valence electrons. The van der Waals surface area contributed by atoms with Gasteiger partial charge in [0.15, 0.2) is 0 Å². The van der Waals surface area contributed by atoms with Gasteiger partial charge < -0.3 is 10.4 Å². The van der Waals surface area contributed by atoms with Gasteiger partial charge in [-0.05, 0) is 40.5 Å². The van der Waals surface area contributed by atoms with E-state index in [0.717, 1.165) is 25.7 Å². The number of amides is 1. The number of nitrogens with one attached hydrogen (secondary N) is 1. The topological polar surface area (TPSA) is 66.4 Å². The Morgan fingerprint density at radius 2 is 2.00 bits per heavy atom. The van der Waals surface area contributed by atoms with Gasteiger partial charge in [0.25, 0.3) is 0 Å². The summed E-state index contributed by atoms with van der Waals surface area (Å²) in [7, 11) is 0. The van der Waals surface area contributed by atoms with Gasteiger partial charge in [-0.2, -0.15) is 0 Å². The van der Waals surface area contributed by atoms with Crippen LogP contribution in [0.15, 0.2) is 22.7 Å². The lowest BCUT2D eigenvalue weighted by Gasteiger charge is -2.08. The molecular weight excluding hydrogens is 310 g/mol. The van der Waals surface area contributed by atoms with Gasteiger partial charge in [-0.1, -0.05) is 26.2 Å². The average molecular weight is 328 g/mol. The Hall–Kier alpha value is -1.36. The van der Waals surface area contributed by atoms with Crippen molar-refractivity contribution >= 4 is 33.5 Å². The molecule has 0 atom stereocenters. The first-order valence-electron chi connectivity index (χ1n) is 6.37. The molecular formula is C14H18BrNO3. The molecule has 1 aromatic rings. The number of hydrogen-bond donors (Lipinski definition) is 2. The molecule has 1 rings (SSSR count). The van der Waals surface area contributed by atoms with E-state index >= 15 is 0 Å². The molecule has 0 aliphatic rings. The molecule has 5 heteroatoms. The predicted octanol–water partition coefficient (Wildman–Crippen LogP) is 4.06. The molecule has 1 amide bonds. The summed E-state index contributed by atoms with van der Waals surface area (Å²) in [6.07, 6.45) is 4.62. The number of halogens is 1. The van der Waals surface area contributed by atoms with E-state index in [1.54, 1.807) is 6.07 Å². The maximum atomic E-state index is 11.7. The van der Waals surface area contributed by atoms with Crippen LogP contribution in [0, 0.1) is 0 Å². The van der Waals surface area contributed by atoms with Gasteiger partial charge in [0.2, 0.25) is 5.91 Å². The molecule has 0 unspecified atom stereocenters. The highest BCUT2D eigenvalue weighted by Gasteiger charge is 2.09. The van der Waals surface area contributed by atoms with E-state index in [1.807, 2.05) is 0 Å². The molecule has 0 radical (unpaired) electrons. The van der Waals surface area contributed by atoms with Gasteiger partial charge in [0, 0.05) is 10.9 Å². The number of carboxylic acid groups (broad SMARTS) is 1. The van der Waals surface area contributed by atoms with Crippen LogP contribution in [0.1, 0.15) is 49.4 Å². The van der Waals surface area contributed by atoms with Gasteiger partial charge in [-0.3, -0.25) is 4.79 Å². The highest BCUT2D eigenvalue weighted by molar-refractivity contribution is 9.10. The second-order valence-electron chi connectivity index (χ2n) is 4.36. The fourth-order valence-electron chi connectivity index (χ4n) is 1.68. The van der Waals surface area contributed by atoms with Crippen LogP contribution in [0.2, 0.25) is 0 Å². The standard InChI is InChI=1S/C14H18BrNO3/c1-2-3-4-5-6-13(17)16-12-9-10(14(18)19)7-8-11(12)15/h7-9H,2-6H2,1H3,(H,16,17)(H,18,19). The lowest BCUT2D eigenvalue weighted by atomic mass is 10.1. The fourth-order valence-corrected chi connectivity index (χ4v) is 2.02. The van der Waals surface area contributed by atoms with Crippen LogP contribution in [-0.2, 0) is 4.79 Å². The predicted molar refractivity (Wildman–Crippen MR) is 78.5 cm³/mol. The highest BCUT2D eigenvalue weighted by atomic mass is 79.9. The highest BCUT2D eigenvalue weighted by Crippen LogP contribution is 2.24. The molecule has 0 aliphatic carbocycles. The van der Waals surface area contributed by atoms with Crippen LogP contribution in [0.3, 0.4) is 0 Å². The average Bonchev–Trinajstić information content (AvgIpc) is 2.37. The summed E-state index contributed by atoms with van der Waals surface area (Å²) >= 11 is 3.29. The third kappa shape index (κ3) is 5.42. The number of rotatable bonds is 7. The maximum absolute atomic E-state index is 11.7. The summed E-state index contributed by atoms with van der Waals surface area (Å²) in [5.74, 6) is -1.09. The molecule has 0 fully saturated rings. The molecule has 0 heterocycles. The molecule has 0 saturated heterocycles. The van der Waals surface area contributed by atoms with Crippen LogP contribution >= 0.6 is 15.9 Å². The number of carbonyl (C=O) groups is 2. The van der Waals surface area contributed by atoms with Crippen molar-refractivity contribution in [3.63, 3.8) is 0 Å². The number of carboxylic acids is 1. The molecule has 19 heavy (non-hydrogen) atoms. The molecule has 0 spiro atoms. The van der Waals surface area contributed by atoms with Crippen molar-refractivity contribution in [2.24, 2.45) is 0 Å². The molecule has 0 bridgehead atoms. The van der Waals surface area contributed by atoms with Crippen molar-refractivity contribution in [3.8, 4) is 0 Å². The van der Waals surface area contributed by atoms with Crippen LogP contribution in [0.4, 0.5) is 5.69 Å². The maximum Gasteiger partial charge on any atom is 0.335 e. The minimum atomic E-state index is -1.01. The van der Waals surface area contributed by atoms with E-state index in [1.165, 1.54) is 12.1 Å². The number of unbranched alkanes of at least 4 members (excludes halogenated alkanes) is 3. The van der Waals surface area contributed by atoms with Crippen molar-refractivity contribution in [1.82, 2.24) is 0 Å². The number of benzene rings is 1. The minimum absolute atomic E-state index is 0.0839. The number of carbonyl (C=O) groups excluding carboxylic acids is 1. The second-order valence-corrected chi connectivity index (χ2v) is 5.21. The van der Waals surface area contributed by atoms with Gasteiger partial charge in [0.05, 0.1) is 11.3 Å². The number of anilines is 1. The van der Waals surface area contributed by atoms with E-state index < -0.39 is 5.97 Å². The lowest BCUT2D eigenvalue weighted by Crippen LogP contribution is -2.12. The zero-order valence-electron chi connectivity index (χ0n) is 10.9. The van der Waals surface area contributed by atoms with Crippen molar-refractivity contribution in [2.45, 2.75) is 39.0 Å². The van der Waals surface area contributed by atoms with Crippen molar-refractivity contribution in [1.29, 1.82) is 0 Å². The van der Waals surface area contributed by atoms with E-state index in [-0.39, 0.29) is 11.5 Å². The molecule has 1 aromatic carbocycles. The summed E-state index contributed by atoms with van der Waals surface area (Å²) in [6, 6.07) is 4.57. The van der Waals surface area contributed by atoms with Crippen LogP contribution < -0.4 is 5.32 Å². The monoisotopic (exact) mass is 327 g/mol. The van der Waals surface area contributed by atoms with E-state index in [4.69, 9.17) is 5.11 Å². The SMILES string of the molecule is CCCCCCC(=O)Nc1cc(C(=O)O)ccc1Br. The first-order valence-corrected chi connectivity index (χ1v) is 7.16. The smallest absolute Gasteiger partial charge is 0.335 e. The fraction of sp³-hybridized carbons (Fsp3) is 0.429. The molecule has 2 N–H and O–H groups in total. The van der Waals surface area contributed by atoms with E-state index in [2.05, 4.69) is 28.2 Å². The number of hydrogen-bond acceptors (Lipinski definition) is 2. The zero-order chi connectivity index (χ0) is 14.3. The Bertz CT molecular complexity index is 460. The summed E-state index contributed by atoms with van der Waals surface area (Å²) in [5.41, 5.74) is 0.657. The van der Waals surface area contributed by atoms with Gasteiger partial charge in [-0.15, -0.1) is 0 Å². The van der Waals surface area contributed by atoms with Crippen molar-refractivity contribution < 1.29 is 14.7 Å². The van der Waals surface area contributed by atoms with E-state index in [9.17, 15) is 9.59 Å². The molecule has 0 aliphatic heterocycles. The third-order valence-corrected chi connectivity index (χ3v) is 3.44. The van der Waals surface area contributed by atoms with Gasteiger partial charge in [0.1, 0.15) is 0 Å². The van der Waals surface area contributed by atoms with Gasteiger partial charge >= 0.3 is 5.97 Å². The summed E-state index contributed by atoms with van der Waals surface area (Å²) in [5, 5.41) is 11.6. The summed E-state index contributed by atoms with van der Waals surface area (Å²) in [4.78, 5) is 22.6. The van der Waals surface area contributed by atoms with Crippen LogP contribution in [0.25, 0.3) is 0 Å². The summed E-state index contributed by atoms with van der Waals surface area (Å²) < 4.78 is 0.680. The number of aromatic carboxylic acids is 1. The largest absolute Gasteiger partial charge is 0.478 e. The van der Waals surface area contributed by atoms with Crippen LogP contribution in [0.5, 0.6) is 0 Å². The Morgan fingerprint density at radius 3 is 2.63 bits per heavy atom. The Balaban J connectivity index is 2.58. The third-order valence-electron chi connectivity index (χ3n) is 2.74. The molecule has 0 aromatic heterocycles. The van der Waals surface area contributed by atoms with Crippen LogP contribution in [-0.4, -0.2) is 17.0 Å². The Labute approximate surface area is 121 Å². The molecule has 4 nitrogen and oxygen atoms in total. The first-order chi connectivity index (χ1) is 9.04. The first kappa shape index (κ1) is 15.7. The Kier molecular flexibility index (Phi) is 6.56. The van der Waals surface area contributed by atoms with Crippen molar-refractivity contribution in [3.05, 3.63) is 28.2 Å². The van der Waals surface area contributed by atoms with Gasteiger partial charge in [-0.25, -0.2) is 4.79 Å².